The first-order valence-electron chi connectivity index (χ1n) is 5.75. The Kier molecular flexibility index (Phi) is 4.39. The molecular formula is C11H22N2O. The normalized spacial score (nSPS) is 26.5. The molecule has 0 aromatic heterocycles. The topological polar surface area (TPSA) is 46.3 Å². The standard InChI is InChI=1S/C11H22N2O/c1-3-8-13(4-2)11(14)9-6-5-7-10(9)12/h9-10H,3-8,12H2,1-2H3. The Bertz CT molecular complexity index is 194. The van der Waals surface area contributed by atoms with Gasteiger partial charge in [0.05, 0.1) is 5.92 Å². The van der Waals surface area contributed by atoms with Gasteiger partial charge in [-0.3, -0.25) is 4.79 Å². The van der Waals surface area contributed by atoms with Crippen LogP contribution in [0.1, 0.15) is 39.5 Å². The number of hydrogen-bond donors (Lipinski definition) is 1. The van der Waals surface area contributed by atoms with Crippen molar-refractivity contribution in [1.29, 1.82) is 0 Å². The molecule has 1 amide bonds. The van der Waals surface area contributed by atoms with Gasteiger partial charge in [0.1, 0.15) is 0 Å². The molecule has 0 aliphatic heterocycles. The second-order valence-electron chi connectivity index (χ2n) is 4.12. The third-order valence-corrected chi connectivity index (χ3v) is 3.07. The Morgan fingerprint density at radius 3 is 2.57 bits per heavy atom. The molecule has 0 spiro atoms. The molecule has 14 heavy (non-hydrogen) atoms. The van der Waals surface area contributed by atoms with Crippen molar-refractivity contribution < 1.29 is 4.79 Å². The highest BCUT2D eigenvalue weighted by Crippen LogP contribution is 2.25. The number of carbonyl (C=O) groups is 1. The van der Waals surface area contributed by atoms with E-state index in [1.807, 2.05) is 11.8 Å². The van der Waals surface area contributed by atoms with Gasteiger partial charge in [-0.15, -0.1) is 0 Å². The fraction of sp³-hybridized carbons (Fsp3) is 0.909. The largest absolute Gasteiger partial charge is 0.343 e. The lowest BCUT2D eigenvalue weighted by Crippen LogP contribution is -2.41. The maximum atomic E-state index is 12.0. The average Bonchev–Trinajstić information content (AvgIpc) is 2.59. The molecule has 0 aromatic rings. The lowest BCUT2D eigenvalue weighted by Gasteiger charge is -2.25. The molecule has 2 unspecified atom stereocenters. The molecule has 3 nitrogen and oxygen atoms in total. The molecule has 2 N–H and O–H groups in total. The highest BCUT2D eigenvalue weighted by molar-refractivity contribution is 5.79. The zero-order valence-corrected chi connectivity index (χ0v) is 9.33. The molecule has 0 aromatic carbocycles. The number of hydrogen-bond acceptors (Lipinski definition) is 2. The quantitative estimate of drug-likeness (QED) is 0.741. The second kappa shape index (κ2) is 5.35. The van der Waals surface area contributed by atoms with E-state index in [2.05, 4.69) is 6.92 Å². The summed E-state index contributed by atoms with van der Waals surface area (Å²) in [6, 6.07) is 0.105. The van der Waals surface area contributed by atoms with Crippen molar-refractivity contribution >= 4 is 5.91 Å². The monoisotopic (exact) mass is 198 g/mol. The van der Waals surface area contributed by atoms with Crippen LogP contribution < -0.4 is 5.73 Å². The molecule has 0 bridgehead atoms. The minimum atomic E-state index is 0.0986. The van der Waals surface area contributed by atoms with E-state index in [1.165, 1.54) is 0 Å². The van der Waals surface area contributed by atoms with E-state index in [1.54, 1.807) is 0 Å². The second-order valence-corrected chi connectivity index (χ2v) is 4.12. The molecule has 0 radical (unpaired) electrons. The van der Waals surface area contributed by atoms with Crippen LogP contribution in [0.4, 0.5) is 0 Å². The molecule has 1 rings (SSSR count). The van der Waals surface area contributed by atoms with E-state index in [0.717, 1.165) is 38.8 Å². The van der Waals surface area contributed by atoms with Crippen LogP contribution in [-0.2, 0) is 4.79 Å². The Labute approximate surface area is 86.6 Å². The molecule has 1 fully saturated rings. The number of nitrogens with two attached hydrogens (primary N) is 1. The first-order chi connectivity index (χ1) is 6.70. The summed E-state index contributed by atoms with van der Waals surface area (Å²) in [5.41, 5.74) is 5.92. The van der Waals surface area contributed by atoms with Crippen molar-refractivity contribution in [2.75, 3.05) is 13.1 Å². The van der Waals surface area contributed by atoms with Crippen LogP contribution in [0.15, 0.2) is 0 Å². The molecule has 0 heterocycles. The SMILES string of the molecule is CCCN(CC)C(=O)C1CCCC1N. The van der Waals surface area contributed by atoms with Crippen molar-refractivity contribution in [2.24, 2.45) is 11.7 Å². The zero-order valence-electron chi connectivity index (χ0n) is 9.33. The summed E-state index contributed by atoms with van der Waals surface area (Å²) in [5.74, 6) is 0.376. The maximum absolute atomic E-state index is 12.0. The van der Waals surface area contributed by atoms with E-state index in [-0.39, 0.29) is 17.9 Å². The predicted octanol–water partition coefficient (Wildman–Crippen LogP) is 1.37. The molecule has 1 aliphatic rings. The number of nitrogens with zero attached hydrogens (tertiary/aromatic N) is 1. The van der Waals surface area contributed by atoms with Crippen LogP contribution in [0.2, 0.25) is 0 Å². The van der Waals surface area contributed by atoms with Crippen molar-refractivity contribution in [2.45, 2.75) is 45.6 Å². The third-order valence-electron chi connectivity index (χ3n) is 3.07. The maximum Gasteiger partial charge on any atom is 0.227 e. The molecule has 1 aliphatic carbocycles. The highest BCUT2D eigenvalue weighted by atomic mass is 16.2. The average molecular weight is 198 g/mol. The summed E-state index contributed by atoms with van der Waals surface area (Å²) < 4.78 is 0. The Morgan fingerprint density at radius 2 is 2.14 bits per heavy atom. The third kappa shape index (κ3) is 2.47. The van der Waals surface area contributed by atoms with Gasteiger partial charge in [-0.1, -0.05) is 13.3 Å². The molecule has 3 heteroatoms. The summed E-state index contributed by atoms with van der Waals surface area (Å²) in [6.45, 7) is 5.83. The Hall–Kier alpha value is -0.570. The first kappa shape index (κ1) is 11.5. The lowest BCUT2D eigenvalue weighted by molar-refractivity contribution is -0.135. The first-order valence-corrected chi connectivity index (χ1v) is 5.75. The minimum Gasteiger partial charge on any atom is -0.343 e. The summed E-state index contributed by atoms with van der Waals surface area (Å²) in [7, 11) is 0. The molecule has 82 valence electrons. The van der Waals surface area contributed by atoms with Crippen molar-refractivity contribution in [3.05, 3.63) is 0 Å². The van der Waals surface area contributed by atoms with Crippen LogP contribution >= 0.6 is 0 Å². The minimum absolute atomic E-state index is 0.0986. The Morgan fingerprint density at radius 1 is 1.43 bits per heavy atom. The van der Waals surface area contributed by atoms with Crippen molar-refractivity contribution in [1.82, 2.24) is 4.90 Å². The van der Waals surface area contributed by atoms with Gasteiger partial charge in [-0.05, 0) is 26.2 Å². The zero-order chi connectivity index (χ0) is 10.6. The summed E-state index contributed by atoms with van der Waals surface area (Å²) in [4.78, 5) is 14.0. The Balaban J connectivity index is 2.52. The summed E-state index contributed by atoms with van der Waals surface area (Å²) in [6.07, 6.45) is 4.14. The lowest BCUT2D eigenvalue weighted by atomic mass is 10.0. The van der Waals surface area contributed by atoms with E-state index < -0.39 is 0 Å². The van der Waals surface area contributed by atoms with Crippen LogP contribution in [0.5, 0.6) is 0 Å². The van der Waals surface area contributed by atoms with Crippen LogP contribution in [-0.4, -0.2) is 29.9 Å². The number of rotatable bonds is 4. The number of carbonyl (C=O) groups excluding carboxylic acids is 1. The van der Waals surface area contributed by atoms with Crippen LogP contribution in [0.3, 0.4) is 0 Å². The van der Waals surface area contributed by atoms with Crippen LogP contribution in [0.25, 0.3) is 0 Å². The van der Waals surface area contributed by atoms with Gasteiger partial charge in [0.25, 0.3) is 0 Å². The molecule has 2 atom stereocenters. The van der Waals surface area contributed by atoms with E-state index >= 15 is 0 Å². The van der Waals surface area contributed by atoms with Gasteiger partial charge < -0.3 is 10.6 Å². The smallest absolute Gasteiger partial charge is 0.227 e. The predicted molar refractivity (Wildman–Crippen MR) is 57.9 cm³/mol. The molecule has 1 saturated carbocycles. The number of amides is 1. The van der Waals surface area contributed by atoms with Gasteiger partial charge >= 0.3 is 0 Å². The van der Waals surface area contributed by atoms with E-state index in [4.69, 9.17) is 5.73 Å². The fourth-order valence-electron chi connectivity index (χ4n) is 2.22. The fourth-order valence-corrected chi connectivity index (χ4v) is 2.22. The van der Waals surface area contributed by atoms with Gasteiger partial charge in [0, 0.05) is 19.1 Å². The summed E-state index contributed by atoms with van der Waals surface area (Å²) >= 11 is 0. The van der Waals surface area contributed by atoms with Crippen molar-refractivity contribution in [3.63, 3.8) is 0 Å². The van der Waals surface area contributed by atoms with Gasteiger partial charge in [-0.25, -0.2) is 0 Å². The van der Waals surface area contributed by atoms with Crippen molar-refractivity contribution in [3.8, 4) is 0 Å². The summed E-state index contributed by atoms with van der Waals surface area (Å²) in [5, 5.41) is 0. The van der Waals surface area contributed by atoms with E-state index in [9.17, 15) is 4.79 Å². The molecular weight excluding hydrogens is 176 g/mol. The highest BCUT2D eigenvalue weighted by Gasteiger charge is 2.32. The van der Waals surface area contributed by atoms with Crippen LogP contribution in [0, 0.1) is 5.92 Å². The van der Waals surface area contributed by atoms with E-state index in [0.29, 0.717) is 0 Å². The van der Waals surface area contributed by atoms with Gasteiger partial charge in [0.2, 0.25) is 5.91 Å². The van der Waals surface area contributed by atoms with Gasteiger partial charge in [0.15, 0.2) is 0 Å². The van der Waals surface area contributed by atoms with Gasteiger partial charge in [-0.2, -0.15) is 0 Å². The molecule has 0 saturated heterocycles.